The first-order chi connectivity index (χ1) is 12.9. The van der Waals surface area contributed by atoms with Crippen LogP contribution in [0.15, 0.2) is 0 Å². The SMILES string of the molecule is CCCCCCCCCCCCCCCC(=O)OCC(CP(=O)(O)F)OC. The Morgan fingerprint density at radius 2 is 1.37 bits per heavy atom. The zero-order chi connectivity index (χ0) is 20.4. The van der Waals surface area contributed by atoms with Crippen molar-refractivity contribution in [2.45, 2.75) is 103 Å². The minimum Gasteiger partial charge on any atom is -0.463 e. The van der Waals surface area contributed by atoms with Crippen molar-refractivity contribution in [2.75, 3.05) is 19.9 Å². The maximum absolute atomic E-state index is 12.7. The van der Waals surface area contributed by atoms with E-state index in [1.54, 1.807) is 0 Å². The van der Waals surface area contributed by atoms with Crippen LogP contribution in [0.2, 0.25) is 0 Å². The molecule has 0 aromatic rings. The van der Waals surface area contributed by atoms with Crippen molar-refractivity contribution >= 4 is 13.6 Å². The summed E-state index contributed by atoms with van der Waals surface area (Å²) in [7, 11) is -3.37. The van der Waals surface area contributed by atoms with Gasteiger partial charge in [-0.15, -0.1) is 0 Å². The van der Waals surface area contributed by atoms with E-state index in [-0.39, 0.29) is 12.6 Å². The van der Waals surface area contributed by atoms with Gasteiger partial charge in [0.1, 0.15) is 12.7 Å². The second-order valence-electron chi connectivity index (χ2n) is 7.33. The Bertz CT molecular complexity index is 400. The number of rotatable bonds is 19. The van der Waals surface area contributed by atoms with Crippen LogP contribution in [0.25, 0.3) is 0 Å². The molecule has 2 atom stereocenters. The van der Waals surface area contributed by atoms with Crippen molar-refractivity contribution in [3.63, 3.8) is 0 Å². The van der Waals surface area contributed by atoms with Gasteiger partial charge in [0.2, 0.25) is 0 Å². The van der Waals surface area contributed by atoms with Crippen LogP contribution >= 0.6 is 7.68 Å². The van der Waals surface area contributed by atoms with Crippen LogP contribution in [0.1, 0.15) is 96.8 Å². The molecule has 0 aliphatic heterocycles. The summed E-state index contributed by atoms with van der Waals surface area (Å²) >= 11 is 0. The van der Waals surface area contributed by atoms with Crippen LogP contribution in [-0.4, -0.2) is 36.8 Å². The van der Waals surface area contributed by atoms with Crippen LogP contribution in [0.4, 0.5) is 4.20 Å². The van der Waals surface area contributed by atoms with Gasteiger partial charge < -0.3 is 14.4 Å². The Labute approximate surface area is 165 Å². The third kappa shape index (κ3) is 20.1. The largest absolute Gasteiger partial charge is 0.463 e. The summed E-state index contributed by atoms with van der Waals surface area (Å²) in [6.07, 6.45) is 14.9. The van der Waals surface area contributed by atoms with Crippen molar-refractivity contribution in [1.29, 1.82) is 0 Å². The standard InChI is InChI=1S/C20H40FO5P/c1-3-4-5-6-7-8-9-10-11-12-13-14-15-16-20(22)26-17-19(25-2)18-27(21,23)24/h19H,3-18H2,1-2H3,(H,23,24). The third-order valence-electron chi connectivity index (χ3n) is 4.68. The molecule has 27 heavy (non-hydrogen) atoms. The number of carbonyl (C=O) groups is 1. The first-order valence-electron chi connectivity index (χ1n) is 10.6. The van der Waals surface area contributed by atoms with Gasteiger partial charge in [-0.3, -0.25) is 9.36 Å². The molecule has 2 unspecified atom stereocenters. The smallest absolute Gasteiger partial charge is 0.367 e. The average molecular weight is 411 g/mol. The molecule has 7 heteroatoms. The van der Waals surface area contributed by atoms with Gasteiger partial charge in [0.25, 0.3) is 0 Å². The van der Waals surface area contributed by atoms with Crippen molar-refractivity contribution in [1.82, 2.24) is 0 Å². The van der Waals surface area contributed by atoms with Gasteiger partial charge in [0, 0.05) is 13.5 Å². The Hall–Kier alpha value is -0.450. The lowest BCUT2D eigenvalue weighted by Gasteiger charge is -2.15. The van der Waals surface area contributed by atoms with E-state index >= 15 is 0 Å². The molecule has 0 aliphatic rings. The Kier molecular flexibility index (Phi) is 17.3. The van der Waals surface area contributed by atoms with Crippen LogP contribution < -0.4 is 0 Å². The van der Waals surface area contributed by atoms with Crippen LogP contribution in [-0.2, 0) is 18.8 Å². The normalized spacial score (nSPS) is 14.7. The molecule has 0 saturated heterocycles. The van der Waals surface area contributed by atoms with E-state index in [1.807, 2.05) is 0 Å². The summed E-state index contributed by atoms with van der Waals surface area (Å²) in [6.45, 7) is 2.05. The lowest BCUT2D eigenvalue weighted by molar-refractivity contribution is -0.147. The molecule has 0 heterocycles. The quantitative estimate of drug-likeness (QED) is 0.156. The van der Waals surface area contributed by atoms with Gasteiger partial charge in [-0.05, 0) is 6.42 Å². The first kappa shape index (κ1) is 26.6. The van der Waals surface area contributed by atoms with E-state index in [2.05, 4.69) is 6.92 Å². The highest BCUT2D eigenvalue weighted by Gasteiger charge is 2.24. The average Bonchev–Trinajstić information content (AvgIpc) is 2.61. The number of halogens is 1. The van der Waals surface area contributed by atoms with Gasteiger partial charge in [0.15, 0.2) is 0 Å². The third-order valence-corrected chi connectivity index (χ3v) is 5.53. The maximum Gasteiger partial charge on any atom is 0.367 e. The zero-order valence-electron chi connectivity index (χ0n) is 17.3. The van der Waals surface area contributed by atoms with Gasteiger partial charge >= 0.3 is 13.6 Å². The Morgan fingerprint density at radius 1 is 0.926 bits per heavy atom. The molecule has 0 bridgehead atoms. The van der Waals surface area contributed by atoms with Gasteiger partial charge in [-0.2, -0.15) is 4.20 Å². The summed E-state index contributed by atoms with van der Waals surface area (Å²) in [5, 5.41) is 0. The fourth-order valence-electron chi connectivity index (χ4n) is 2.99. The summed E-state index contributed by atoms with van der Waals surface area (Å²) in [5.74, 6) is -0.369. The van der Waals surface area contributed by atoms with Crippen LogP contribution in [0.5, 0.6) is 0 Å². The minimum absolute atomic E-state index is 0.192. The summed E-state index contributed by atoms with van der Waals surface area (Å²) in [6, 6.07) is 0. The summed E-state index contributed by atoms with van der Waals surface area (Å²) in [5.41, 5.74) is 0. The number of ether oxygens (including phenoxy) is 2. The molecule has 162 valence electrons. The van der Waals surface area contributed by atoms with E-state index < -0.39 is 19.9 Å². The molecular weight excluding hydrogens is 370 g/mol. The number of unbranched alkanes of at least 4 members (excludes halogenated alkanes) is 12. The maximum atomic E-state index is 12.7. The fourth-order valence-corrected chi connectivity index (χ4v) is 3.75. The fraction of sp³-hybridized carbons (Fsp3) is 0.950. The van der Waals surface area contributed by atoms with Gasteiger partial charge in [-0.1, -0.05) is 84.0 Å². The number of esters is 1. The molecule has 0 aliphatic carbocycles. The summed E-state index contributed by atoms with van der Waals surface area (Å²) in [4.78, 5) is 20.3. The van der Waals surface area contributed by atoms with Crippen molar-refractivity contribution in [3.05, 3.63) is 0 Å². The molecule has 0 fully saturated rings. The Morgan fingerprint density at radius 3 is 1.78 bits per heavy atom. The molecule has 0 amide bonds. The van der Waals surface area contributed by atoms with E-state index in [1.165, 1.54) is 71.3 Å². The molecule has 0 rings (SSSR count). The molecule has 0 saturated carbocycles. The van der Waals surface area contributed by atoms with Crippen molar-refractivity contribution < 1.29 is 27.9 Å². The second-order valence-corrected chi connectivity index (χ2v) is 8.93. The molecule has 0 aromatic heterocycles. The lowest BCUT2D eigenvalue weighted by atomic mass is 10.0. The number of hydrogen-bond acceptors (Lipinski definition) is 4. The monoisotopic (exact) mass is 410 g/mol. The Balaban J connectivity index is 3.42. The molecule has 0 radical (unpaired) electrons. The van der Waals surface area contributed by atoms with E-state index in [0.29, 0.717) is 6.42 Å². The molecule has 1 N–H and O–H groups in total. The second kappa shape index (κ2) is 17.6. The predicted octanol–water partition coefficient (Wildman–Crippen LogP) is 6.18. The van der Waals surface area contributed by atoms with Crippen LogP contribution in [0.3, 0.4) is 0 Å². The highest BCUT2D eigenvalue weighted by Crippen LogP contribution is 2.42. The van der Waals surface area contributed by atoms with Crippen LogP contribution in [0, 0.1) is 0 Å². The van der Waals surface area contributed by atoms with E-state index in [9.17, 15) is 13.6 Å². The van der Waals surface area contributed by atoms with Crippen molar-refractivity contribution in [3.8, 4) is 0 Å². The van der Waals surface area contributed by atoms with Crippen molar-refractivity contribution in [2.24, 2.45) is 0 Å². The van der Waals surface area contributed by atoms with Gasteiger partial charge in [-0.25, -0.2) is 0 Å². The first-order valence-corrected chi connectivity index (χ1v) is 12.3. The minimum atomic E-state index is -4.67. The van der Waals surface area contributed by atoms with Gasteiger partial charge in [0.05, 0.1) is 6.16 Å². The molecular formula is C20H40FO5P. The molecule has 5 nitrogen and oxygen atoms in total. The molecule has 0 spiro atoms. The number of hydrogen-bond donors (Lipinski definition) is 1. The number of methoxy groups -OCH3 is 1. The number of carbonyl (C=O) groups excluding carboxylic acids is 1. The van der Waals surface area contributed by atoms with E-state index in [0.717, 1.165) is 19.3 Å². The highest BCUT2D eigenvalue weighted by atomic mass is 31.2. The summed E-state index contributed by atoms with van der Waals surface area (Å²) < 4.78 is 33.3. The lowest BCUT2D eigenvalue weighted by Crippen LogP contribution is -2.24. The molecule has 0 aromatic carbocycles. The predicted molar refractivity (Wildman–Crippen MR) is 108 cm³/mol. The highest BCUT2D eigenvalue weighted by molar-refractivity contribution is 7.52. The zero-order valence-corrected chi connectivity index (χ0v) is 18.2. The van der Waals surface area contributed by atoms with E-state index in [4.69, 9.17) is 14.4 Å². The topological polar surface area (TPSA) is 72.8 Å².